The molecular formula is C20H36O4Si. The molecule has 0 radical (unpaired) electrons. The van der Waals surface area contributed by atoms with E-state index in [1.165, 1.54) is 5.56 Å². The normalized spacial score (nSPS) is 12.5. The lowest BCUT2D eigenvalue weighted by Gasteiger charge is -2.30. The number of rotatable bonds is 13. The summed E-state index contributed by atoms with van der Waals surface area (Å²) >= 11 is 0. The minimum Gasteiger partial charge on any atom is -0.376 e. The summed E-state index contributed by atoms with van der Waals surface area (Å²) in [4.78, 5) is 0. The van der Waals surface area contributed by atoms with Crippen molar-refractivity contribution >= 4 is 8.80 Å². The first-order chi connectivity index (χ1) is 11.9. The number of benzene rings is 1. The third-order valence-corrected chi connectivity index (χ3v) is 6.23. The highest BCUT2D eigenvalue weighted by Gasteiger charge is 2.41. The number of hydrogen-bond donors (Lipinski definition) is 0. The van der Waals surface area contributed by atoms with E-state index >= 15 is 0 Å². The Morgan fingerprint density at radius 3 is 1.88 bits per heavy atom. The molecule has 4 nitrogen and oxygen atoms in total. The van der Waals surface area contributed by atoms with Crippen LogP contribution in [0, 0.1) is 0 Å². The highest BCUT2D eigenvalue weighted by atomic mass is 28.4. The summed E-state index contributed by atoms with van der Waals surface area (Å²) in [5.74, 6) is 0. The SMILES string of the molecule is CCCO[Si](Cc1ccccc1)(OCCC)OCCCOC(C)(C)C. The fraction of sp³-hybridized carbons (Fsp3) is 0.700. The molecule has 0 amide bonds. The molecule has 0 fully saturated rings. The summed E-state index contributed by atoms with van der Waals surface area (Å²) in [7, 11) is -2.73. The summed E-state index contributed by atoms with van der Waals surface area (Å²) in [6.07, 6.45) is 2.75. The van der Waals surface area contributed by atoms with Crippen LogP contribution in [-0.4, -0.2) is 40.8 Å². The van der Waals surface area contributed by atoms with Gasteiger partial charge in [-0.2, -0.15) is 0 Å². The standard InChI is InChI=1S/C20H36O4Si/c1-6-14-22-25(23-15-7-2,18-19-12-9-8-10-13-19)24-17-11-16-21-20(3,4)5/h8-10,12-13H,6-7,11,14-18H2,1-5H3. The van der Waals surface area contributed by atoms with Crippen LogP contribution in [0.5, 0.6) is 0 Å². The molecule has 0 aliphatic heterocycles. The molecule has 1 aromatic carbocycles. The fourth-order valence-corrected chi connectivity index (χ4v) is 5.08. The second-order valence-corrected chi connectivity index (χ2v) is 9.79. The molecule has 0 aliphatic carbocycles. The second kappa shape index (κ2) is 11.8. The van der Waals surface area contributed by atoms with Crippen molar-refractivity contribution < 1.29 is 18.0 Å². The molecule has 25 heavy (non-hydrogen) atoms. The van der Waals surface area contributed by atoms with Gasteiger partial charge in [0.1, 0.15) is 0 Å². The summed E-state index contributed by atoms with van der Waals surface area (Å²) in [5, 5.41) is 0. The maximum absolute atomic E-state index is 6.27. The van der Waals surface area contributed by atoms with E-state index < -0.39 is 8.80 Å². The molecule has 0 spiro atoms. The first kappa shape index (κ1) is 22.3. The summed E-state index contributed by atoms with van der Waals surface area (Å²) in [5.41, 5.74) is 1.09. The average Bonchev–Trinajstić information content (AvgIpc) is 2.57. The zero-order valence-electron chi connectivity index (χ0n) is 16.7. The molecular weight excluding hydrogens is 332 g/mol. The van der Waals surface area contributed by atoms with Crippen molar-refractivity contribution in [2.24, 2.45) is 0 Å². The summed E-state index contributed by atoms with van der Waals surface area (Å²) < 4.78 is 24.4. The largest absolute Gasteiger partial charge is 0.505 e. The van der Waals surface area contributed by atoms with Gasteiger partial charge < -0.3 is 18.0 Å². The fourth-order valence-electron chi connectivity index (χ4n) is 2.30. The molecule has 1 aromatic rings. The Morgan fingerprint density at radius 2 is 1.36 bits per heavy atom. The van der Waals surface area contributed by atoms with Gasteiger partial charge in [0, 0.05) is 32.5 Å². The van der Waals surface area contributed by atoms with Crippen molar-refractivity contribution in [2.75, 3.05) is 26.4 Å². The maximum atomic E-state index is 6.27. The minimum absolute atomic E-state index is 0.115. The summed E-state index contributed by atoms with van der Waals surface area (Å²) in [6, 6.07) is 11.1. The predicted molar refractivity (Wildman–Crippen MR) is 105 cm³/mol. The zero-order valence-corrected chi connectivity index (χ0v) is 17.7. The maximum Gasteiger partial charge on any atom is 0.505 e. The average molecular weight is 369 g/mol. The van der Waals surface area contributed by atoms with Crippen molar-refractivity contribution in [3.63, 3.8) is 0 Å². The van der Waals surface area contributed by atoms with Gasteiger partial charge in [-0.25, -0.2) is 0 Å². The van der Waals surface area contributed by atoms with Crippen LogP contribution < -0.4 is 0 Å². The number of hydrogen-bond acceptors (Lipinski definition) is 4. The van der Waals surface area contributed by atoms with Gasteiger partial charge >= 0.3 is 8.80 Å². The molecule has 0 atom stereocenters. The topological polar surface area (TPSA) is 36.9 Å². The van der Waals surface area contributed by atoms with Crippen LogP contribution in [0.2, 0.25) is 0 Å². The van der Waals surface area contributed by atoms with Crippen molar-refractivity contribution in [1.29, 1.82) is 0 Å². The van der Waals surface area contributed by atoms with E-state index in [4.69, 9.17) is 18.0 Å². The highest BCUT2D eigenvalue weighted by Crippen LogP contribution is 2.19. The quantitative estimate of drug-likeness (QED) is 0.371. The second-order valence-electron chi connectivity index (χ2n) is 7.21. The first-order valence-corrected chi connectivity index (χ1v) is 11.4. The van der Waals surface area contributed by atoms with E-state index in [0.29, 0.717) is 32.5 Å². The van der Waals surface area contributed by atoms with Gasteiger partial charge in [-0.05, 0) is 45.6 Å². The Hall–Kier alpha value is -0.723. The van der Waals surface area contributed by atoms with E-state index in [-0.39, 0.29) is 5.60 Å². The van der Waals surface area contributed by atoms with Crippen LogP contribution in [-0.2, 0) is 24.1 Å². The zero-order chi connectivity index (χ0) is 18.6. The van der Waals surface area contributed by atoms with Crippen molar-refractivity contribution in [1.82, 2.24) is 0 Å². The van der Waals surface area contributed by atoms with E-state index in [2.05, 4.69) is 46.8 Å². The van der Waals surface area contributed by atoms with Gasteiger partial charge in [0.2, 0.25) is 0 Å². The van der Waals surface area contributed by atoms with Crippen molar-refractivity contribution in [3.8, 4) is 0 Å². The van der Waals surface area contributed by atoms with Crippen molar-refractivity contribution in [3.05, 3.63) is 35.9 Å². The molecule has 1 rings (SSSR count). The van der Waals surface area contributed by atoms with Crippen LogP contribution in [0.25, 0.3) is 0 Å². The Balaban J connectivity index is 2.69. The van der Waals surface area contributed by atoms with Gasteiger partial charge in [-0.3, -0.25) is 0 Å². The van der Waals surface area contributed by atoms with Gasteiger partial charge in [-0.15, -0.1) is 0 Å². The molecule has 0 unspecified atom stereocenters. The lowest BCUT2D eigenvalue weighted by molar-refractivity contribution is -0.0135. The molecule has 144 valence electrons. The lowest BCUT2D eigenvalue weighted by Crippen LogP contribution is -2.49. The molecule has 5 heteroatoms. The first-order valence-electron chi connectivity index (χ1n) is 9.50. The molecule has 0 saturated carbocycles. The summed E-state index contributed by atoms with van der Waals surface area (Å²) in [6.45, 7) is 13.0. The van der Waals surface area contributed by atoms with Crippen LogP contribution in [0.4, 0.5) is 0 Å². The Kier molecular flexibility index (Phi) is 10.5. The minimum atomic E-state index is -2.73. The Bertz CT molecular complexity index is 437. The van der Waals surface area contributed by atoms with Crippen LogP contribution in [0.3, 0.4) is 0 Å². The van der Waals surface area contributed by atoms with Crippen LogP contribution >= 0.6 is 0 Å². The Labute approximate surface area is 155 Å². The van der Waals surface area contributed by atoms with E-state index in [1.54, 1.807) is 0 Å². The van der Waals surface area contributed by atoms with Crippen LogP contribution in [0.15, 0.2) is 30.3 Å². The lowest BCUT2D eigenvalue weighted by atomic mass is 10.2. The molecule has 0 aromatic heterocycles. The van der Waals surface area contributed by atoms with Crippen molar-refractivity contribution in [2.45, 2.75) is 65.5 Å². The molecule has 0 heterocycles. The third kappa shape index (κ3) is 10.1. The predicted octanol–water partition coefficient (Wildman–Crippen LogP) is 4.78. The van der Waals surface area contributed by atoms with E-state index in [0.717, 1.165) is 19.3 Å². The molecule has 0 N–H and O–H groups in total. The molecule has 0 saturated heterocycles. The van der Waals surface area contributed by atoms with Gasteiger partial charge in [0.25, 0.3) is 0 Å². The smallest absolute Gasteiger partial charge is 0.376 e. The van der Waals surface area contributed by atoms with Gasteiger partial charge in [0.05, 0.1) is 5.60 Å². The van der Waals surface area contributed by atoms with Crippen LogP contribution in [0.1, 0.15) is 59.4 Å². The van der Waals surface area contributed by atoms with Gasteiger partial charge in [-0.1, -0.05) is 44.2 Å². The van der Waals surface area contributed by atoms with Gasteiger partial charge in [0.15, 0.2) is 0 Å². The van der Waals surface area contributed by atoms with E-state index in [1.807, 2.05) is 18.2 Å². The van der Waals surface area contributed by atoms with E-state index in [9.17, 15) is 0 Å². The number of ether oxygens (including phenoxy) is 1. The Morgan fingerprint density at radius 1 is 0.800 bits per heavy atom. The molecule has 0 aliphatic rings. The molecule has 0 bridgehead atoms. The highest BCUT2D eigenvalue weighted by molar-refractivity contribution is 6.60. The third-order valence-electron chi connectivity index (χ3n) is 3.46. The monoisotopic (exact) mass is 368 g/mol.